The van der Waals surface area contributed by atoms with E-state index in [9.17, 15) is 4.79 Å². The third kappa shape index (κ3) is 4.07. The zero-order valence-corrected chi connectivity index (χ0v) is 9.53. The van der Waals surface area contributed by atoms with E-state index in [2.05, 4.69) is 0 Å². The lowest BCUT2D eigenvalue weighted by Crippen LogP contribution is -2.47. The standard InChI is InChI=1S/C10H22N2O2/c1-5-7(2)9(11)10(14)12(4)6-8(3)13/h7-9,13H,5-6,11H2,1-4H3/t7?,8?,9-/m0/s1. The van der Waals surface area contributed by atoms with Crippen molar-refractivity contribution in [1.29, 1.82) is 0 Å². The van der Waals surface area contributed by atoms with Crippen LogP contribution in [0, 0.1) is 5.92 Å². The molecule has 0 aromatic carbocycles. The second-order valence-electron chi connectivity index (χ2n) is 3.98. The van der Waals surface area contributed by atoms with Crippen LogP contribution in [0.5, 0.6) is 0 Å². The molecule has 14 heavy (non-hydrogen) atoms. The predicted molar refractivity (Wildman–Crippen MR) is 56.7 cm³/mol. The van der Waals surface area contributed by atoms with Crippen molar-refractivity contribution in [2.24, 2.45) is 11.7 Å². The number of carbonyl (C=O) groups excluding carboxylic acids is 1. The van der Waals surface area contributed by atoms with E-state index in [4.69, 9.17) is 10.8 Å². The van der Waals surface area contributed by atoms with Gasteiger partial charge in [0, 0.05) is 13.6 Å². The molecular formula is C10H22N2O2. The number of rotatable bonds is 5. The molecule has 0 heterocycles. The Morgan fingerprint density at radius 2 is 2.00 bits per heavy atom. The van der Waals surface area contributed by atoms with Crippen LogP contribution < -0.4 is 5.73 Å². The van der Waals surface area contributed by atoms with E-state index in [1.165, 1.54) is 4.90 Å². The Morgan fingerprint density at radius 3 is 2.36 bits per heavy atom. The summed E-state index contributed by atoms with van der Waals surface area (Å²) in [4.78, 5) is 13.2. The summed E-state index contributed by atoms with van der Waals surface area (Å²) in [5.41, 5.74) is 5.78. The van der Waals surface area contributed by atoms with Gasteiger partial charge in [-0.25, -0.2) is 0 Å². The number of carbonyl (C=O) groups is 1. The van der Waals surface area contributed by atoms with Gasteiger partial charge in [-0.3, -0.25) is 4.79 Å². The molecular weight excluding hydrogens is 180 g/mol. The first-order valence-corrected chi connectivity index (χ1v) is 5.08. The van der Waals surface area contributed by atoms with Crippen molar-refractivity contribution in [2.75, 3.05) is 13.6 Å². The van der Waals surface area contributed by atoms with Gasteiger partial charge in [0.1, 0.15) is 0 Å². The van der Waals surface area contributed by atoms with Crippen LogP contribution in [0.4, 0.5) is 0 Å². The maximum absolute atomic E-state index is 11.7. The van der Waals surface area contributed by atoms with Gasteiger partial charge < -0.3 is 15.7 Å². The van der Waals surface area contributed by atoms with Gasteiger partial charge in [-0.1, -0.05) is 20.3 Å². The molecule has 0 aliphatic heterocycles. The molecule has 1 amide bonds. The van der Waals surface area contributed by atoms with Gasteiger partial charge in [0.2, 0.25) is 5.91 Å². The fraction of sp³-hybridized carbons (Fsp3) is 0.900. The zero-order chi connectivity index (χ0) is 11.3. The van der Waals surface area contributed by atoms with Crippen molar-refractivity contribution in [1.82, 2.24) is 4.90 Å². The van der Waals surface area contributed by atoms with Crippen LogP contribution in [0.25, 0.3) is 0 Å². The Morgan fingerprint density at radius 1 is 1.50 bits per heavy atom. The summed E-state index contributed by atoms with van der Waals surface area (Å²) in [7, 11) is 1.66. The van der Waals surface area contributed by atoms with Crippen molar-refractivity contribution < 1.29 is 9.90 Å². The van der Waals surface area contributed by atoms with E-state index in [0.29, 0.717) is 6.54 Å². The molecule has 3 atom stereocenters. The number of nitrogens with zero attached hydrogens (tertiary/aromatic N) is 1. The summed E-state index contributed by atoms with van der Waals surface area (Å²) in [5.74, 6) is 0.0826. The quantitative estimate of drug-likeness (QED) is 0.669. The summed E-state index contributed by atoms with van der Waals surface area (Å²) < 4.78 is 0. The maximum atomic E-state index is 11.7. The first kappa shape index (κ1) is 13.4. The van der Waals surface area contributed by atoms with Crippen LogP contribution in [0.15, 0.2) is 0 Å². The summed E-state index contributed by atoms with van der Waals surface area (Å²) in [6.45, 7) is 5.95. The lowest BCUT2D eigenvalue weighted by atomic mass is 9.99. The van der Waals surface area contributed by atoms with Gasteiger partial charge >= 0.3 is 0 Å². The van der Waals surface area contributed by atoms with Crippen molar-refractivity contribution in [3.63, 3.8) is 0 Å². The number of nitrogens with two attached hydrogens (primary N) is 1. The summed E-state index contributed by atoms with van der Waals surface area (Å²) >= 11 is 0. The van der Waals surface area contributed by atoms with Crippen molar-refractivity contribution in [3.05, 3.63) is 0 Å². The molecule has 4 nitrogen and oxygen atoms in total. The second kappa shape index (κ2) is 5.98. The molecule has 4 heteroatoms. The first-order chi connectivity index (χ1) is 6.40. The minimum absolute atomic E-state index is 0.0970. The number of amides is 1. The molecule has 3 N–H and O–H groups in total. The number of hydrogen-bond acceptors (Lipinski definition) is 3. The van der Waals surface area contributed by atoms with E-state index >= 15 is 0 Å². The Kier molecular flexibility index (Phi) is 5.72. The lowest BCUT2D eigenvalue weighted by Gasteiger charge is -2.25. The molecule has 0 spiro atoms. The average molecular weight is 202 g/mol. The summed E-state index contributed by atoms with van der Waals surface area (Å²) in [5, 5.41) is 9.11. The van der Waals surface area contributed by atoms with E-state index < -0.39 is 12.1 Å². The van der Waals surface area contributed by atoms with Crippen LogP contribution in [0.3, 0.4) is 0 Å². The van der Waals surface area contributed by atoms with Gasteiger partial charge in [0.05, 0.1) is 12.1 Å². The van der Waals surface area contributed by atoms with Gasteiger partial charge in [0.25, 0.3) is 0 Å². The molecule has 0 saturated heterocycles. The van der Waals surface area contributed by atoms with Crippen molar-refractivity contribution >= 4 is 5.91 Å². The van der Waals surface area contributed by atoms with Crippen molar-refractivity contribution in [2.45, 2.75) is 39.3 Å². The minimum atomic E-state index is -0.506. The maximum Gasteiger partial charge on any atom is 0.239 e. The molecule has 0 fully saturated rings. The monoisotopic (exact) mass is 202 g/mol. The highest BCUT2D eigenvalue weighted by Crippen LogP contribution is 2.07. The van der Waals surface area contributed by atoms with E-state index in [1.54, 1.807) is 14.0 Å². The Hall–Kier alpha value is -0.610. The number of likely N-dealkylation sites (N-methyl/N-ethyl adjacent to an activating group) is 1. The molecule has 0 rings (SSSR count). The molecule has 0 bridgehead atoms. The first-order valence-electron chi connectivity index (χ1n) is 5.08. The molecule has 2 unspecified atom stereocenters. The topological polar surface area (TPSA) is 66.6 Å². The van der Waals surface area contributed by atoms with Crippen LogP contribution in [0.2, 0.25) is 0 Å². The van der Waals surface area contributed by atoms with Gasteiger partial charge in [-0.2, -0.15) is 0 Å². The Balaban J connectivity index is 4.17. The highest BCUT2D eigenvalue weighted by atomic mass is 16.3. The van der Waals surface area contributed by atoms with Crippen molar-refractivity contribution in [3.8, 4) is 0 Å². The van der Waals surface area contributed by atoms with E-state index in [1.807, 2.05) is 13.8 Å². The van der Waals surface area contributed by atoms with Crippen LogP contribution in [0.1, 0.15) is 27.2 Å². The Labute approximate surface area is 86.1 Å². The highest BCUT2D eigenvalue weighted by molar-refractivity contribution is 5.81. The highest BCUT2D eigenvalue weighted by Gasteiger charge is 2.23. The molecule has 0 aromatic heterocycles. The molecule has 0 radical (unpaired) electrons. The number of aliphatic hydroxyl groups is 1. The summed E-state index contributed by atoms with van der Waals surface area (Å²) in [6.07, 6.45) is 0.378. The van der Waals surface area contributed by atoms with E-state index in [0.717, 1.165) is 6.42 Å². The van der Waals surface area contributed by atoms with Gasteiger partial charge in [-0.05, 0) is 12.8 Å². The smallest absolute Gasteiger partial charge is 0.239 e. The van der Waals surface area contributed by atoms with Crippen LogP contribution in [-0.4, -0.2) is 41.7 Å². The number of hydrogen-bond donors (Lipinski definition) is 2. The zero-order valence-electron chi connectivity index (χ0n) is 9.53. The molecule has 0 aliphatic carbocycles. The largest absolute Gasteiger partial charge is 0.392 e. The second-order valence-corrected chi connectivity index (χ2v) is 3.98. The number of aliphatic hydroxyl groups excluding tert-OH is 1. The summed E-state index contributed by atoms with van der Waals surface area (Å²) in [6, 6.07) is -0.455. The average Bonchev–Trinajstić information content (AvgIpc) is 2.13. The fourth-order valence-corrected chi connectivity index (χ4v) is 1.24. The van der Waals surface area contributed by atoms with Crippen LogP contribution >= 0.6 is 0 Å². The predicted octanol–water partition coefficient (Wildman–Crippen LogP) is 0.199. The van der Waals surface area contributed by atoms with Gasteiger partial charge in [0.15, 0.2) is 0 Å². The van der Waals surface area contributed by atoms with Crippen LogP contribution in [-0.2, 0) is 4.79 Å². The molecule has 0 aliphatic rings. The normalized spacial score (nSPS) is 17.3. The van der Waals surface area contributed by atoms with E-state index in [-0.39, 0.29) is 11.8 Å². The SMILES string of the molecule is CCC(C)[C@H](N)C(=O)N(C)CC(C)O. The third-order valence-electron chi connectivity index (χ3n) is 2.46. The molecule has 0 aromatic rings. The minimum Gasteiger partial charge on any atom is -0.392 e. The Bertz CT molecular complexity index is 183. The lowest BCUT2D eigenvalue weighted by molar-refractivity contribution is -0.133. The third-order valence-corrected chi connectivity index (χ3v) is 2.46. The molecule has 0 saturated carbocycles. The molecule has 84 valence electrons. The fourth-order valence-electron chi connectivity index (χ4n) is 1.24. The van der Waals surface area contributed by atoms with Gasteiger partial charge in [-0.15, -0.1) is 0 Å².